The summed E-state index contributed by atoms with van der Waals surface area (Å²) in [6.45, 7) is 3.93. The molecule has 0 radical (unpaired) electrons. The lowest BCUT2D eigenvalue weighted by molar-refractivity contribution is 0.0301. The molecule has 5 heteroatoms. The molecule has 0 saturated carbocycles. The van der Waals surface area contributed by atoms with Crippen LogP contribution in [-0.2, 0) is 16.7 Å². The number of nitrogens with zero attached hydrogens (tertiary/aromatic N) is 2. The summed E-state index contributed by atoms with van der Waals surface area (Å²) in [5.74, 6) is 1.68. The molecule has 1 aromatic carbocycles. The van der Waals surface area contributed by atoms with Crippen molar-refractivity contribution in [2.45, 2.75) is 31.7 Å². The van der Waals surface area contributed by atoms with Gasteiger partial charge in [0.25, 0.3) is 0 Å². The highest BCUT2D eigenvalue weighted by Crippen LogP contribution is 2.34. The Morgan fingerprint density at radius 1 is 1.40 bits per heavy atom. The fourth-order valence-corrected chi connectivity index (χ4v) is 3.51. The Balaban J connectivity index is 2.17. The second-order valence-electron chi connectivity index (χ2n) is 5.54. The van der Waals surface area contributed by atoms with Crippen molar-refractivity contribution in [2.24, 2.45) is 0 Å². The molecule has 1 aromatic heterocycles. The average Bonchev–Trinajstić information content (AvgIpc) is 2.77. The van der Waals surface area contributed by atoms with E-state index < -0.39 is 0 Å². The quantitative estimate of drug-likeness (QED) is 0.773. The molecule has 3 nitrogen and oxygen atoms in total. The zero-order valence-corrected chi connectivity index (χ0v) is 13.9. The van der Waals surface area contributed by atoms with E-state index in [9.17, 15) is 0 Å². The minimum atomic E-state index is 0.0716. The van der Waals surface area contributed by atoms with Gasteiger partial charge in [-0.05, 0) is 38.0 Å². The van der Waals surface area contributed by atoms with Crippen LogP contribution in [0.1, 0.15) is 25.6 Å². The molecule has 1 aliphatic rings. The second kappa shape index (κ2) is 5.66. The molecular formula is C15H18BrClN2O. The predicted molar refractivity (Wildman–Crippen MR) is 85.6 cm³/mol. The van der Waals surface area contributed by atoms with E-state index >= 15 is 0 Å². The standard InChI is InChI=1S/C15H18BrClN2O/c1-15(5-8-20-9-6-15)19-13-3-2-11(16)10-12(13)18-14(19)4-7-17/h2-3,10H,4-9H2,1H3. The Hall–Kier alpha value is -0.580. The van der Waals surface area contributed by atoms with E-state index in [2.05, 4.69) is 45.6 Å². The van der Waals surface area contributed by atoms with Crippen molar-refractivity contribution >= 4 is 38.6 Å². The smallest absolute Gasteiger partial charge is 0.111 e. The minimum Gasteiger partial charge on any atom is -0.381 e. The number of hydrogen-bond donors (Lipinski definition) is 0. The molecule has 108 valence electrons. The van der Waals surface area contributed by atoms with Crippen LogP contribution in [0.3, 0.4) is 0 Å². The molecule has 0 unspecified atom stereocenters. The molecule has 0 aliphatic carbocycles. The van der Waals surface area contributed by atoms with Crippen LogP contribution in [0.5, 0.6) is 0 Å². The normalized spacial score (nSPS) is 18.6. The number of rotatable bonds is 3. The fourth-order valence-electron chi connectivity index (χ4n) is 2.99. The van der Waals surface area contributed by atoms with Gasteiger partial charge in [-0.1, -0.05) is 15.9 Å². The summed E-state index contributed by atoms with van der Waals surface area (Å²) in [6.07, 6.45) is 2.83. The van der Waals surface area contributed by atoms with Crippen molar-refractivity contribution in [3.8, 4) is 0 Å². The third kappa shape index (κ3) is 2.49. The fraction of sp³-hybridized carbons (Fsp3) is 0.533. The summed E-state index contributed by atoms with van der Waals surface area (Å²) in [6, 6.07) is 6.30. The molecule has 1 saturated heterocycles. The Morgan fingerprint density at radius 3 is 2.85 bits per heavy atom. The van der Waals surface area contributed by atoms with Crippen LogP contribution < -0.4 is 0 Å². The van der Waals surface area contributed by atoms with Gasteiger partial charge >= 0.3 is 0 Å². The molecule has 2 aromatic rings. The Labute approximate surface area is 132 Å². The molecule has 3 rings (SSSR count). The predicted octanol–water partition coefficient (Wildman–Crippen LogP) is 4.11. The molecule has 0 bridgehead atoms. The molecule has 1 aliphatic heterocycles. The van der Waals surface area contributed by atoms with E-state index in [1.54, 1.807) is 0 Å². The Kier molecular flexibility index (Phi) is 4.07. The maximum atomic E-state index is 5.96. The second-order valence-corrected chi connectivity index (χ2v) is 6.84. The van der Waals surface area contributed by atoms with Gasteiger partial charge in [-0.2, -0.15) is 0 Å². The zero-order chi connectivity index (χ0) is 14.2. The minimum absolute atomic E-state index is 0.0716. The van der Waals surface area contributed by atoms with Crippen molar-refractivity contribution in [1.29, 1.82) is 0 Å². The van der Waals surface area contributed by atoms with Gasteiger partial charge < -0.3 is 9.30 Å². The van der Waals surface area contributed by atoms with E-state index in [0.29, 0.717) is 5.88 Å². The van der Waals surface area contributed by atoms with Crippen LogP contribution in [0.25, 0.3) is 11.0 Å². The number of hydrogen-bond acceptors (Lipinski definition) is 2. The van der Waals surface area contributed by atoms with Crippen LogP contribution in [0.4, 0.5) is 0 Å². The van der Waals surface area contributed by atoms with Crippen molar-refractivity contribution in [3.63, 3.8) is 0 Å². The third-order valence-electron chi connectivity index (χ3n) is 4.11. The molecule has 0 N–H and O–H groups in total. The van der Waals surface area contributed by atoms with Gasteiger partial charge in [0.15, 0.2) is 0 Å². The number of aromatic nitrogens is 2. The van der Waals surface area contributed by atoms with Crippen LogP contribution in [0.2, 0.25) is 0 Å². The van der Waals surface area contributed by atoms with Crippen LogP contribution >= 0.6 is 27.5 Å². The van der Waals surface area contributed by atoms with Crippen molar-refractivity contribution in [3.05, 3.63) is 28.5 Å². The first kappa shape index (κ1) is 14.4. The Morgan fingerprint density at radius 2 is 2.15 bits per heavy atom. The summed E-state index contributed by atoms with van der Waals surface area (Å²) in [7, 11) is 0. The van der Waals surface area contributed by atoms with E-state index in [0.717, 1.165) is 48.3 Å². The lowest BCUT2D eigenvalue weighted by atomic mass is 9.91. The summed E-state index contributed by atoms with van der Waals surface area (Å²) >= 11 is 9.48. The Bertz CT molecular complexity index is 620. The summed E-state index contributed by atoms with van der Waals surface area (Å²) in [5, 5.41) is 0. The lowest BCUT2D eigenvalue weighted by Gasteiger charge is -2.36. The summed E-state index contributed by atoms with van der Waals surface area (Å²) in [5.41, 5.74) is 2.30. The third-order valence-corrected chi connectivity index (χ3v) is 4.80. The van der Waals surface area contributed by atoms with E-state index in [1.807, 2.05) is 0 Å². The SMILES string of the molecule is CC1(n2c(CCCl)nc3cc(Br)ccc32)CCOCC1. The van der Waals surface area contributed by atoms with Gasteiger partial charge in [0, 0.05) is 35.5 Å². The summed E-state index contributed by atoms with van der Waals surface area (Å²) < 4.78 is 8.97. The molecule has 2 heterocycles. The topological polar surface area (TPSA) is 27.1 Å². The highest BCUT2D eigenvalue weighted by molar-refractivity contribution is 9.10. The molecule has 0 spiro atoms. The maximum Gasteiger partial charge on any atom is 0.111 e. The first-order valence-electron chi connectivity index (χ1n) is 6.95. The highest BCUT2D eigenvalue weighted by Gasteiger charge is 2.32. The van der Waals surface area contributed by atoms with Gasteiger partial charge in [-0.15, -0.1) is 11.6 Å². The maximum absolute atomic E-state index is 5.96. The highest BCUT2D eigenvalue weighted by atomic mass is 79.9. The number of fused-ring (bicyclic) bond motifs is 1. The number of ether oxygens (including phenoxy) is 1. The largest absolute Gasteiger partial charge is 0.381 e. The van der Waals surface area contributed by atoms with Gasteiger partial charge in [0.05, 0.1) is 11.0 Å². The van der Waals surface area contributed by atoms with E-state index in [1.165, 1.54) is 5.52 Å². The van der Waals surface area contributed by atoms with E-state index in [-0.39, 0.29) is 5.54 Å². The number of alkyl halides is 1. The molecule has 0 amide bonds. The van der Waals surface area contributed by atoms with Gasteiger partial charge in [-0.3, -0.25) is 0 Å². The molecule has 20 heavy (non-hydrogen) atoms. The first-order chi connectivity index (χ1) is 9.64. The van der Waals surface area contributed by atoms with Gasteiger partial charge in [0.2, 0.25) is 0 Å². The van der Waals surface area contributed by atoms with Crippen molar-refractivity contribution in [2.75, 3.05) is 19.1 Å². The number of benzene rings is 1. The van der Waals surface area contributed by atoms with E-state index in [4.69, 9.17) is 21.3 Å². The van der Waals surface area contributed by atoms with Crippen LogP contribution in [-0.4, -0.2) is 28.6 Å². The zero-order valence-electron chi connectivity index (χ0n) is 11.5. The monoisotopic (exact) mass is 356 g/mol. The molecule has 1 fully saturated rings. The summed E-state index contributed by atoms with van der Waals surface area (Å²) in [4.78, 5) is 4.79. The molecule has 0 atom stereocenters. The number of aryl methyl sites for hydroxylation is 1. The average molecular weight is 358 g/mol. The van der Waals surface area contributed by atoms with Crippen LogP contribution in [0, 0.1) is 0 Å². The number of halogens is 2. The van der Waals surface area contributed by atoms with Crippen molar-refractivity contribution < 1.29 is 4.74 Å². The number of imidazole rings is 1. The first-order valence-corrected chi connectivity index (χ1v) is 8.28. The van der Waals surface area contributed by atoms with Gasteiger partial charge in [-0.25, -0.2) is 4.98 Å². The molecular weight excluding hydrogens is 340 g/mol. The lowest BCUT2D eigenvalue weighted by Crippen LogP contribution is -2.37. The van der Waals surface area contributed by atoms with Crippen molar-refractivity contribution in [1.82, 2.24) is 9.55 Å². The van der Waals surface area contributed by atoms with Gasteiger partial charge in [0.1, 0.15) is 5.82 Å². The van der Waals surface area contributed by atoms with Crippen LogP contribution in [0.15, 0.2) is 22.7 Å².